The van der Waals surface area contributed by atoms with Gasteiger partial charge < -0.3 is 10.4 Å². The first-order valence-corrected chi connectivity index (χ1v) is 4.04. The number of carbonyl (C=O) groups is 2. The number of aromatic nitrogens is 2. The number of nitrogens with zero attached hydrogens (tertiary/aromatic N) is 1. The van der Waals surface area contributed by atoms with Crippen LogP contribution in [0.1, 0.15) is 17.7 Å². The Morgan fingerprint density at radius 1 is 1.50 bits per heavy atom. The molecule has 1 rings (SSSR count). The summed E-state index contributed by atoms with van der Waals surface area (Å²) in [6.45, 7) is 3.60. The van der Waals surface area contributed by atoms with E-state index in [1.165, 1.54) is 0 Å². The summed E-state index contributed by atoms with van der Waals surface area (Å²) in [7, 11) is 0. The molecular formula is C8H11N3O3. The van der Waals surface area contributed by atoms with Crippen LogP contribution < -0.4 is 5.32 Å². The smallest absolute Gasteiger partial charge is 0.312 e. The zero-order chi connectivity index (χ0) is 10.7. The Balaban J connectivity index is 2.65. The molecule has 1 aromatic heterocycles. The summed E-state index contributed by atoms with van der Waals surface area (Å²) in [4.78, 5) is 21.2. The summed E-state index contributed by atoms with van der Waals surface area (Å²) in [6.07, 6.45) is -0.550. The van der Waals surface area contributed by atoms with E-state index >= 15 is 0 Å². The number of carbonyl (C=O) groups excluding carboxylic acids is 1. The molecule has 0 unspecified atom stereocenters. The number of hydrogen-bond donors (Lipinski definition) is 3. The van der Waals surface area contributed by atoms with Gasteiger partial charge in [-0.25, -0.2) is 0 Å². The number of anilines is 1. The second kappa shape index (κ2) is 3.91. The van der Waals surface area contributed by atoms with Crippen LogP contribution in [-0.2, 0) is 9.59 Å². The number of carboxylic acids is 1. The Kier molecular flexibility index (Phi) is 2.85. The largest absolute Gasteiger partial charge is 0.481 e. The van der Waals surface area contributed by atoms with Crippen molar-refractivity contribution < 1.29 is 14.7 Å². The Hall–Kier alpha value is -1.85. The van der Waals surface area contributed by atoms with Gasteiger partial charge in [-0.1, -0.05) is 0 Å². The van der Waals surface area contributed by atoms with E-state index in [0.717, 1.165) is 11.3 Å². The molecule has 0 aliphatic carbocycles. The molecule has 3 N–H and O–H groups in total. The highest BCUT2D eigenvalue weighted by Crippen LogP contribution is 2.13. The number of aryl methyl sites for hydroxylation is 1. The number of H-pyrrole nitrogens is 1. The lowest BCUT2D eigenvalue weighted by molar-refractivity contribution is -0.139. The summed E-state index contributed by atoms with van der Waals surface area (Å²) in [5.41, 5.74) is 1.65. The quantitative estimate of drug-likeness (QED) is 0.612. The fraction of sp³-hybridized carbons (Fsp3) is 0.375. The van der Waals surface area contributed by atoms with Crippen molar-refractivity contribution in [2.45, 2.75) is 20.3 Å². The Morgan fingerprint density at radius 3 is 2.57 bits per heavy atom. The van der Waals surface area contributed by atoms with Gasteiger partial charge in [0.2, 0.25) is 5.91 Å². The zero-order valence-corrected chi connectivity index (χ0v) is 7.92. The van der Waals surface area contributed by atoms with Crippen molar-refractivity contribution in [3.05, 3.63) is 11.3 Å². The number of aliphatic carboxylic acids is 1. The Labute approximate surface area is 80.3 Å². The summed E-state index contributed by atoms with van der Waals surface area (Å²) in [6, 6.07) is 0. The summed E-state index contributed by atoms with van der Waals surface area (Å²) < 4.78 is 0. The Morgan fingerprint density at radius 2 is 2.14 bits per heavy atom. The first kappa shape index (κ1) is 10.2. The van der Waals surface area contributed by atoms with E-state index in [1.54, 1.807) is 6.92 Å². The third-order valence-corrected chi connectivity index (χ3v) is 1.82. The molecule has 6 nitrogen and oxygen atoms in total. The average Bonchev–Trinajstić information content (AvgIpc) is 2.34. The third kappa shape index (κ3) is 2.32. The Bertz CT molecular complexity index is 370. The van der Waals surface area contributed by atoms with Crippen LogP contribution in [0.25, 0.3) is 0 Å². The third-order valence-electron chi connectivity index (χ3n) is 1.82. The highest BCUT2D eigenvalue weighted by Gasteiger charge is 2.11. The molecule has 76 valence electrons. The summed E-state index contributed by atoms with van der Waals surface area (Å²) >= 11 is 0. The number of carboxylic acid groups (broad SMARTS) is 1. The van der Waals surface area contributed by atoms with Crippen molar-refractivity contribution in [1.29, 1.82) is 0 Å². The van der Waals surface area contributed by atoms with Crippen molar-refractivity contribution in [1.82, 2.24) is 10.2 Å². The summed E-state index contributed by atoms with van der Waals surface area (Å²) in [5, 5.41) is 17.2. The molecule has 1 aromatic rings. The molecule has 0 aromatic carbocycles. The van der Waals surface area contributed by atoms with Gasteiger partial charge in [-0.3, -0.25) is 14.7 Å². The first-order valence-electron chi connectivity index (χ1n) is 4.04. The predicted molar refractivity (Wildman–Crippen MR) is 48.9 cm³/mol. The second-order valence-corrected chi connectivity index (χ2v) is 2.94. The van der Waals surface area contributed by atoms with E-state index in [0.29, 0.717) is 5.82 Å². The minimum absolute atomic E-state index is 0.383. The zero-order valence-electron chi connectivity index (χ0n) is 7.92. The van der Waals surface area contributed by atoms with E-state index in [9.17, 15) is 9.59 Å². The molecule has 0 atom stereocenters. The van der Waals surface area contributed by atoms with Crippen LogP contribution in [0.2, 0.25) is 0 Å². The molecule has 0 aliphatic rings. The number of aromatic amines is 1. The van der Waals surface area contributed by atoms with Crippen molar-refractivity contribution in [3.8, 4) is 0 Å². The molecule has 0 spiro atoms. The normalized spacial score (nSPS) is 9.86. The van der Waals surface area contributed by atoms with Gasteiger partial charge in [0.05, 0.1) is 0 Å². The van der Waals surface area contributed by atoms with Gasteiger partial charge in [0.25, 0.3) is 0 Å². The van der Waals surface area contributed by atoms with Gasteiger partial charge in [0, 0.05) is 11.3 Å². The van der Waals surface area contributed by atoms with Crippen LogP contribution in [0.5, 0.6) is 0 Å². The second-order valence-electron chi connectivity index (χ2n) is 2.94. The standard InChI is InChI=1S/C8H11N3O3/c1-4-5(2)10-11-8(4)9-6(12)3-7(13)14/h3H2,1-2H3,(H,13,14)(H2,9,10,11,12). The van der Waals surface area contributed by atoms with Crippen LogP contribution in [0.4, 0.5) is 5.82 Å². The lowest BCUT2D eigenvalue weighted by atomic mass is 10.3. The maximum Gasteiger partial charge on any atom is 0.312 e. The van der Waals surface area contributed by atoms with Gasteiger partial charge in [-0.15, -0.1) is 0 Å². The lowest BCUT2D eigenvalue weighted by Gasteiger charge is -1.99. The van der Waals surface area contributed by atoms with Crippen LogP contribution in [0.15, 0.2) is 0 Å². The van der Waals surface area contributed by atoms with E-state index in [2.05, 4.69) is 15.5 Å². The molecule has 14 heavy (non-hydrogen) atoms. The molecule has 0 saturated carbocycles. The van der Waals surface area contributed by atoms with Crippen molar-refractivity contribution in [2.24, 2.45) is 0 Å². The highest BCUT2D eigenvalue weighted by molar-refractivity contribution is 6.01. The molecule has 1 heterocycles. The van der Waals surface area contributed by atoms with Crippen LogP contribution in [-0.4, -0.2) is 27.2 Å². The van der Waals surface area contributed by atoms with Crippen LogP contribution in [0, 0.1) is 13.8 Å². The van der Waals surface area contributed by atoms with Crippen LogP contribution >= 0.6 is 0 Å². The minimum Gasteiger partial charge on any atom is -0.481 e. The first-order chi connectivity index (χ1) is 6.50. The molecule has 0 fully saturated rings. The maximum absolute atomic E-state index is 11.0. The molecule has 0 radical (unpaired) electrons. The molecule has 0 aliphatic heterocycles. The van der Waals surface area contributed by atoms with Crippen molar-refractivity contribution in [2.75, 3.05) is 5.32 Å². The number of rotatable bonds is 3. The van der Waals surface area contributed by atoms with E-state index in [-0.39, 0.29) is 0 Å². The molecule has 6 heteroatoms. The summed E-state index contributed by atoms with van der Waals surface area (Å²) in [5.74, 6) is -1.35. The molecule has 0 bridgehead atoms. The molecular weight excluding hydrogens is 186 g/mol. The van der Waals surface area contributed by atoms with Gasteiger partial charge >= 0.3 is 5.97 Å². The fourth-order valence-electron chi connectivity index (χ4n) is 0.920. The average molecular weight is 197 g/mol. The number of nitrogens with one attached hydrogen (secondary N) is 2. The van der Waals surface area contributed by atoms with E-state index < -0.39 is 18.3 Å². The van der Waals surface area contributed by atoms with Gasteiger partial charge in [0.15, 0.2) is 5.82 Å². The minimum atomic E-state index is -1.16. The van der Waals surface area contributed by atoms with Crippen molar-refractivity contribution >= 4 is 17.7 Å². The van der Waals surface area contributed by atoms with Gasteiger partial charge in [-0.05, 0) is 13.8 Å². The molecule has 1 amide bonds. The van der Waals surface area contributed by atoms with E-state index in [4.69, 9.17) is 5.11 Å². The van der Waals surface area contributed by atoms with Gasteiger partial charge in [-0.2, -0.15) is 5.10 Å². The monoisotopic (exact) mass is 197 g/mol. The SMILES string of the molecule is Cc1[nH]nc(NC(=O)CC(=O)O)c1C. The number of hydrogen-bond acceptors (Lipinski definition) is 3. The fourth-order valence-corrected chi connectivity index (χ4v) is 0.920. The number of amides is 1. The molecule has 0 saturated heterocycles. The van der Waals surface area contributed by atoms with Crippen molar-refractivity contribution in [3.63, 3.8) is 0 Å². The van der Waals surface area contributed by atoms with Crippen LogP contribution in [0.3, 0.4) is 0 Å². The van der Waals surface area contributed by atoms with Gasteiger partial charge in [0.1, 0.15) is 6.42 Å². The van der Waals surface area contributed by atoms with E-state index in [1.807, 2.05) is 6.92 Å². The predicted octanol–water partition coefficient (Wildman–Crippen LogP) is 0.440. The maximum atomic E-state index is 11.0. The lowest BCUT2D eigenvalue weighted by Crippen LogP contribution is -2.16. The topological polar surface area (TPSA) is 95.1 Å². The highest BCUT2D eigenvalue weighted by atomic mass is 16.4.